The molecule has 1 unspecified atom stereocenters. The van der Waals surface area contributed by atoms with E-state index >= 15 is 0 Å². The summed E-state index contributed by atoms with van der Waals surface area (Å²) in [6.45, 7) is 15.6. The van der Waals surface area contributed by atoms with Crippen LogP contribution in [0.3, 0.4) is 0 Å². The standard InChI is InChI=1S/C31H45N5O3S/c1-23(2)35-12-14-36(15-13-35)26-7-5-6-24(20-26)29-22-31(3,4)27-21-25(8-9-28(27)33-29)30(37)32-10-11-34-16-18-40(38,39)19-17-34/h5-9,20-21,23,29,33H,10-19,22H2,1-4H3,(H,32,37). The fraction of sp³-hybridized carbons (Fsp3) is 0.581. The maximum absolute atomic E-state index is 13.0. The lowest BCUT2D eigenvalue weighted by Crippen LogP contribution is -2.48. The first-order valence-electron chi connectivity index (χ1n) is 14.7. The second-order valence-electron chi connectivity index (χ2n) is 12.5. The Balaban J connectivity index is 1.22. The predicted molar refractivity (Wildman–Crippen MR) is 163 cm³/mol. The zero-order chi connectivity index (χ0) is 28.5. The van der Waals surface area contributed by atoms with Gasteiger partial charge in [0.05, 0.1) is 17.5 Å². The van der Waals surface area contributed by atoms with Crippen LogP contribution in [0.2, 0.25) is 0 Å². The minimum Gasteiger partial charge on any atom is -0.378 e. The predicted octanol–water partition coefficient (Wildman–Crippen LogP) is 3.51. The highest BCUT2D eigenvalue weighted by Gasteiger charge is 2.34. The van der Waals surface area contributed by atoms with Gasteiger partial charge in [-0.15, -0.1) is 0 Å². The number of rotatable bonds is 7. The molecule has 3 aliphatic rings. The summed E-state index contributed by atoms with van der Waals surface area (Å²) in [4.78, 5) is 20.1. The van der Waals surface area contributed by atoms with Crippen molar-refractivity contribution in [3.05, 3.63) is 59.2 Å². The summed E-state index contributed by atoms with van der Waals surface area (Å²) in [5, 5.41) is 6.79. The molecular formula is C31H45N5O3S. The van der Waals surface area contributed by atoms with Crippen molar-refractivity contribution in [2.75, 3.05) is 74.1 Å². The van der Waals surface area contributed by atoms with Crippen LogP contribution in [0, 0.1) is 0 Å². The third-order valence-corrected chi connectivity index (χ3v) is 10.5. The van der Waals surface area contributed by atoms with Crippen molar-refractivity contribution in [3.8, 4) is 0 Å². The van der Waals surface area contributed by atoms with Crippen molar-refractivity contribution in [3.63, 3.8) is 0 Å². The molecule has 0 aromatic heterocycles. The van der Waals surface area contributed by atoms with Crippen molar-refractivity contribution in [2.24, 2.45) is 0 Å². The van der Waals surface area contributed by atoms with Crippen LogP contribution in [0.1, 0.15) is 61.6 Å². The number of piperazine rings is 1. The third-order valence-electron chi connectivity index (χ3n) is 8.89. The molecule has 9 heteroatoms. The molecule has 2 N–H and O–H groups in total. The monoisotopic (exact) mass is 567 g/mol. The van der Waals surface area contributed by atoms with Crippen LogP contribution in [0.25, 0.3) is 0 Å². The summed E-state index contributed by atoms with van der Waals surface area (Å²) in [7, 11) is -2.89. The zero-order valence-electron chi connectivity index (χ0n) is 24.4. The van der Waals surface area contributed by atoms with Gasteiger partial charge in [-0.2, -0.15) is 0 Å². The summed E-state index contributed by atoms with van der Waals surface area (Å²) >= 11 is 0. The molecule has 0 radical (unpaired) electrons. The van der Waals surface area contributed by atoms with Gasteiger partial charge in [-0.25, -0.2) is 8.42 Å². The van der Waals surface area contributed by atoms with Gasteiger partial charge in [0.2, 0.25) is 0 Å². The lowest BCUT2D eigenvalue weighted by Gasteiger charge is -2.40. The average Bonchev–Trinajstić information content (AvgIpc) is 2.93. The van der Waals surface area contributed by atoms with E-state index in [1.165, 1.54) is 16.8 Å². The Bertz CT molecular complexity index is 1300. The van der Waals surface area contributed by atoms with Crippen LogP contribution in [-0.2, 0) is 15.3 Å². The van der Waals surface area contributed by atoms with Crippen LogP contribution in [-0.4, -0.2) is 94.0 Å². The number of benzene rings is 2. The van der Waals surface area contributed by atoms with Gasteiger partial charge in [0.1, 0.15) is 0 Å². The molecule has 8 nitrogen and oxygen atoms in total. The zero-order valence-corrected chi connectivity index (χ0v) is 25.3. The number of amides is 1. The minimum absolute atomic E-state index is 0.0874. The highest BCUT2D eigenvalue weighted by molar-refractivity contribution is 7.91. The van der Waals surface area contributed by atoms with Gasteiger partial charge < -0.3 is 15.5 Å². The van der Waals surface area contributed by atoms with Crippen LogP contribution in [0.15, 0.2) is 42.5 Å². The fourth-order valence-electron chi connectivity index (χ4n) is 6.27. The highest BCUT2D eigenvalue weighted by Crippen LogP contribution is 2.44. The molecule has 1 atom stereocenters. The summed E-state index contributed by atoms with van der Waals surface area (Å²) in [5.74, 6) is 0.318. The van der Waals surface area contributed by atoms with E-state index in [4.69, 9.17) is 0 Å². The molecular weight excluding hydrogens is 522 g/mol. The topological polar surface area (TPSA) is 85.0 Å². The first-order valence-corrected chi connectivity index (χ1v) is 16.5. The first-order chi connectivity index (χ1) is 19.0. The van der Waals surface area contributed by atoms with E-state index in [-0.39, 0.29) is 28.9 Å². The Morgan fingerprint density at radius 1 is 1.02 bits per heavy atom. The summed E-state index contributed by atoms with van der Waals surface area (Å²) < 4.78 is 23.3. The molecule has 5 rings (SSSR count). The normalized spacial score (nSPS) is 22.9. The third kappa shape index (κ3) is 6.64. The number of hydrogen-bond donors (Lipinski definition) is 2. The summed E-state index contributed by atoms with van der Waals surface area (Å²) in [6.07, 6.45) is 0.938. The fourth-order valence-corrected chi connectivity index (χ4v) is 7.55. The summed E-state index contributed by atoms with van der Waals surface area (Å²) in [6, 6.07) is 15.8. The Labute approximate surface area is 240 Å². The number of nitrogens with zero attached hydrogens (tertiary/aromatic N) is 3. The maximum Gasteiger partial charge on any atom is 0.251 e. The van der Waals surface area contributed by atoms with E-state index in [0.717, 1.165) is 38.3 Å². The van der Waals surface area contributed by atoms with Crippen molar-refractivity contribution < 1.29 is 13.2 Å². The first kappa shape index (κ1) is 28.9. The van der Waals surface area contributed by atoms with Gasteiger partial charge >= 0.3 is 0 Å². The second kappa shape index (κ2) is 11.7. The van der Waals surface area contributed by atoms with Gasteiger partial charge in [-0.1, -0.05) is 26.0 Å². The van der Waals surface area contributed by atoms with Gasteiger partial charge in [-0.05, 0) is 67.1 Å². The van der Waals surface area contributed by atoms with Crippen LogP contribution in [0.5, 0.6) is 0 Å². The van der Waals surface area contributed by atoms with E-state index in [9.17, 15) is 13.2 Å². The van der Waals surface area contributed by atoms with Crippen LogP contribution >= 0.6 is 0 Å². The molecule has 3 heterocycles. The molecule has 2 fully saturated rings. The van der Waals surface area contributed by atoms with Crippen molar-refractivity contribution in [1.29, 1.82) is 0 Å². The Morgan fingerprint density at radius 3 is 2.45 bits per heavy atom. The number of anilines is 2. The van der Waals surface area contributed by atoms with E-state index in [2.05, 4.69) is 77.3 Å². The molecule has 3 aliphatic heterocycles. The van der Waals surface area contributed by atoms with E-state index in [1.807, 2.05) is 18.2 Å². The molecule has 40 heavy (non-hydrogen) atoms. The Morgan fingerprint density at radius 2 is 1.75 bits per heavy atom. The maximum atomic E-state index is 13.0. The molecule has 0 aliphatic carbocycles. The average molecular weight is 568 g/mol. The second-order valence-corrected chi connectivity index (χ2v) is 14.8. The molecule has 0 saturated carbocycles. The number of sulfone groups is 1. The molecule has 0 bridgehead atoms. The van der Waals surface area contributed by atoms with Crippen LogP contribution < -0.4 is 15.5 Å². The number of fused-ring (bicyclic) bond motifs is 1. The quantitative estimate of drug-likeness (QED) is 0.530. The van der Waals surface area contributed by atoms with Gasteiger partial charge in [0, 0.05) is 75.3 Å². The van der Waals surface area contributed by atoms with Gasteiger partial charge in [0.15, 0.2) is 9.84 Å². The van der Waals surface area contributed by atoms with E-state index < -0.39 is 9.84 Å². The van der Waals surface area contributed by atoms with Crippen molar-refractivity contribution >= 4 is 27.1 Å². The minimum atomic E-state index is -2.89. The molecule has 2 aromatic rings. The van der Waals surface area contributed by atoms with Crippen molar-refractivity contribution in [1.82, 2.24) is 15.1 Å². The number of hydrogen-bond acceptors (Lipinski definition) is 7. The Hall–Kier alpha value is -2.62. The van der Waals surface area contributed by atoms with Crippen molar-refractivity contribution in [2.45, 2.75) is 51.6 Å². The molecule has 218 valence electrons. The lowest BCUT2D eigenvalue weighted by atomic mass is 9.73. The van der Waals surface area contributed by atoms with Gasteiger partial charge in [0.25, 0.3) is 5.91 Å². The summed E-state index contributed by atoms with van der Waals surface area (Å²) in [5.41, 5.74) is 5.41. The largest absolute Gasteiger partial charge is 0.378 e. The lowest BCUT2D eigenvalue weighted by molar-refractivity contribution is 0.0948. The van der Waals surface area contributed by atoms with Gasteiger partial charge in [-0.3, -0.25) is 14.6 Å². The molecule has 1 amide bonds. The highest BCUT2D eigenvalue weighted by atomic mass is 32.2. The number of nitrogens with one attached hydrogen (secondary N) is 2. The number of carbonyl (C=O) groups is 1. The van der Waals surface area contributed by atoms with E-state index in [1.54, 1.807) is 0 Å². The SMILES string of the molecule is CC(C)N1CCN(c2cccc(C3CC(C)(C)c4cc(C(=O)NCCN5CCS(=O)(=O)CC5)ccc4N3)c2)CC1. The molecule has 2 saturated heterocycles. The molecule has 2 aromatic carbocycles. The number of carbonyl (C=O) groups excluding carboxylic acids is 1. The smallest absolute Gasteiger partial charge is 0.251 e. The van der Waals surface area contributed by atoms with E-state index in [0.29, 0.717) is 37.8 Å². The Kier molecular flexibility index (Phi) is 8.45. The van der Waals surface area contributed by atoms with Crippen LogP contribution in [0.4, 0.5) is 11.4 Å². The molecule has 0 spiro atoms.